The van der Waals surface area contributed by atoms with E-state index in [9.17, 15) is 0 Å². The average Bonchev–Trinajstić information content (AvgIpc) is 2.60. The fraction of sp³-hybridized carbons (Fsp3) is 0.111. The van der Waals surface area contributed by atoms with Gasteiger partial charge in [0, 0.05) is 22.1 Å². The van der Waals surface area contributed by atoms with Crippen LogP contribution in [0.15, 0.2) is 22.4 Å². The summed E-state index contributed by atoms with van der Waals surface area (Å²) in [6, 6.07) is 4.47. The molecule has 13 heavy (non-hydrogen) atoms. The highest BCUT2D eigenvalue weighted by atomic mass is 127. The largest absolute Gasteiger partial charge is 0.143 e. The van der Waals surface area contributed by atoms with Gasteiger partial charge in [-0.25, -0.2) is 0 Å². The van der Waals surface area contributed by atoms with Crippen molar-refractivity contribution in [2.75, 3.05) is 6.26 Å². The fourth-order valence-corrected chi connectivity index (χ4v) is 5.27. The molecule has 0 saturated heterocycles. The zero-order valence-electron chi connectivity index (χ0n) is 6.80. The molecule has 1 aromatic heterocycles. The molecule has 0 amide bonds. The summed E-state index contributed by atoms with van der Waals surface area (Å²) in [5.74, 6) is 0. The van der Waals surface area contributed by atoms with E-state index >= 15 is 0 Å². The first-order chi connectivity index (χ1) is 6.24. The van der Waals surface area contributed by atoms with E-state index in [0.717, 1.165) is 0 Å². The van der Waals surface area contributed by atoms with Crippen LogP contribution >= 0.6 is 68.3 Å². The highest BCUT2D eigenvalue weighted by molar-refractivity contribution is 14.1. The predicted molar refractivity (Wildman–Crippen MR) is 79.0 cm³/mol. The Kier molecular flexibility index (Phi) is 3.43. The van der Waals surface area contributed by atoms with Crippen LogP contribution in [-0.4, -0.2) is 6.26 Å². The van der Waals surface area contributed by atoms with Gasteiger partial charge in [-0.15, -0.1) is 23.1 Å². The minimum Gasteiger partial charge on any atom is -0.143 e. The molecular formula is C9H6I2S2. The Morgan fingerprint density at radius 1 is 1.38 bits per heavy atom. The lowest BCUT2D eigenvalue weighted by atomic mass is 10.3. The zero-order valence-corrected chi connectivity index (χ0v) is 12.8. The van der Waals surface area contributed by atoms with E-state index in [1.54, 1.807) is 0 Å². The highest BCUT2D eigenvalue weighted by Gasteiger charge is 2.08. The maximum absolute atomic E-state index is 2.44. The second-order valence-corrected chi connectivity index (χ2v) is 6.54. The number of hydrogen-bond acceptors (Lipinski definition) is 2. The molecule has 1 aromatic carbocycles. The van der Waals surface area contributed by atoms with E-state index in [0.29, 0.717) is 0 Å². The van der Waals surface area contributed by atoms with Gasteiger partial charge in [0.2, 0.25) is 0 Å². The number of fused-ring (bicyclic) bond motifs is 1. The van der Waals surface area contributed by atoms with E-state index in [1.807, 2.05) is 23.1 Å². The number of hydrogen-bond donors (Lipinski definition) is 0. The van der Waals surface area contributed by atoms with Crippen molar-refractivity contribution in [3.05, 3.63) is 24.7 Å². The van der Waals surface area contributed by atoms with Gasteiger partial charge in [-0.2, -0.15) is 0 Å². The molecule has 0 aliphatic carbocycles. The van der Waals surface area contributed by atoms with Crippen molar-refractivity contribution in [2.24, 2.45) is 0 Å². The molecule has 1 heterocycles. The van der Waals surface area contributed by atoms with Crippen LogP contribution in [0, 0.1) is 7.14 Å². The average molecular weight is 432 g/mol. The Balaban J connectivity index is 2.85. The SMILES string of the molecule is CSc1cc(I)c2ccsc2c1I. The topological polar surface area (TPSA) is 0 Å². The van der Waals surface area contributed by atoms with Crippen molar-refractivity contribution in [1.82, 2.24) is 0 Å². The summed E-state index contributed by atoms with van der Waals surface area (Å²) in [6.07, 6.45) is 2.13. The molecule has 0 saturated carbocycles. The summed E-state index contributed by atoms with van der Waals surface area (Å²) < 4.78 is 4.19. The maximum atomic E-state index is 2.44. The van der Waals surface area contributed by atoms with Gasteiger partial charge in [0.25, 0.3) is 0 Å². The van der Waals surface area contributed by atoms with Crippen LogP contribution in [0.5, 0.6) is 0 Å². The molecule has 0 nitrogen and oxygen atoms in total. The Hall–Kier alpha value is 0.990. The Morgan fingerprint density at radius 3 is 2.85 bits per heavy atom. The third kappa shape index (κ3) is 1.87. The van der Waals surface area contributed by atoms with Crippen LogP contribution in [0.2, 0.25) is 0 Å². The van der Waals surface area contributed by atoms with Gasteiger partial charge in [0.15, 0.2) is 0 Å². The van der Waals surface area contributed by atoms with Gasteiger partial charge >= 0.3 is 0 Å². The molecule has 0 fully saturated rings. The van der Waals surface area contributed by atoms with Gasteiger partial charge in [0.1, 0.15) is 0 Å². The first-order valence-electron chi connectivity index (χ1n) is 3.63. The summed E-state index contributed by atoms with van der Waals surface area (Å²) in [5.41, 5.74) is 0. The lowest BCUT2D eigenvalue weighted by Gasteiger charge is -2.03. The summed E-state index contributed by atoms with van der Waals surface area (Å²) in [4.78, 5) is 1.39. The molecule has 2 aromatic rings. The van der Waals surface area contributed by atoms with E-state index in [4.69, 9.17) is 0 Å². The second-order valence-electron chi connectivity index (χ2n) is 2.54. The number of halogens is 2. The summed E-state index contributed by atoms with van der Waals surface area (Å²) in [7, 11) is 0. The van der Waals surface area contributed by atoms with Crippen LogP contribution in [0.1, 0.15) is 0 Å². The molecule has 4 heteroatoms. The molecule has 0 bridgehead atoms. The number of rotatable bonds is 1. The third-order valence-electron chi connectivity index (χ3n) is 1.82. The molecule has 0 aliphatic rings. The molecule has 68 valence electrons. The molecule has 0 spiro atoms. The monoisotopic (exact) mass is 432 g/mol. The van der Waals surface area contributed by atoms with Crippen LogP contribution in [-0.2, 0) is 0 Å². The molecule has 0 aliphatic heterocycles. The maximum Gasteiger partial charge on any atom is 0.0498 e. The normalized spacial score (nSPS) is 11.0. The van der Waals surface area contributed by atoms with Gasteiger partial charge < -0.3 is 0 Å². The Bertz CT molecular complexity index is 448. The van der Waals surface area contributed by atoms with Crippen LogP contribution in [0.3, 0.4) is 0 Å². The quantitative estimate of drug-likeness (QED) is 0.460. The molecule has 0 radical (unpaired) electrons. The van der Waals surface area contributed by atoms with Gasteiger partial charge in [-0.3, -0.25) is 0 Å². The number of thiophene rings is 1. The standard InChI is InChI=1S/C9H6I2S2/c1-12-7-4-6(10)5-2-3-13-9(5)8(7)11/h2-4H,1H3. The first-order valence-corrected chi connectivity index (χ1v) is 7.89. The Labute approximate surface area is 113 Å². The third-order valence-corrected chi connectivity index (χ3v) is 6.25. The minimum atomic E-state index is 1.36. The van der Waals surface area contributed by atoms with E-state index in [2.05, 4.69) is 69.0 Å². The summed E-state index contributed by atoms with van der Waals surface area (Å²) in [5, 5.41) is 3.56. The highest BCUT2D eigenvalue weighted by Crippen LogP contribution is 2.36. The van der Waals surface area contributed by atoms with Crippen molar-refractivity contribution in [2.45, 2.75) is 4.90 Å². The number of benzene rings is 1. The molecule has 0 unspecified atom stereocenters. The number of thioether (sulfide) groups is 1. The minimum absolute atomic E-state index is 1.36. The summed E-state index contributed by atoms with van der Waals surface area (Å²) >= 11 is 8.50. The van der Waals surface area contributed by atoms with Crippen LogP contribution in [0.25, 0.3) is 10.1 Å². The Morgan fingerprint density at radius 2 is 2.15 bits per heavy atom. The smallest absolute Gasteiger partial charge is 0.0498 e. The summed E-state index contributed by atoms with van der Waals surface area (Å²) in [6.45, 7) is 0. The molecule has 0 atom stereocenters. The lowest BCUT2D eigenvalue weighted by molar-refractivity contribution is 1.45. The van der Waals surface area contributed by atoms with Crippen molar-refractivity contribution >= 4 is 78.4 Å². The van der Waals surface area contributed by atoms with Crippen LogP contribution in [0.4, 0.5) is 0 Å². The van der Waals surface area contributed by atoms with Crippen molar-refractivity contribution in [1.29, 1.82) is 0 Å². The first kappa shape index (κ1) is 10.5. The predicted octanol–water partition coefficient (Wildman–Crippen LogP) is 4.83. The van der Waals surface area contributed by atoms with E-state index in [-0.39, 0.29) is 0 Å². The van der Waals surface area contributed by atoms with Gasteiger partial charge in [-0.05, 0) is 69.0 Å². The van der Waals surface area contributed by atoms with E-state index < -0.39 is 0 Å². The van der Waals surface area contributed by atoms with Crippen LogP contribution < -0.4 is 0 Å². The second kappa shape index (κ2) is 4.24. The molecule has 2 rings (SSSR count). The van der Waals surface area contributed by atoms with E-state index in [1.165, 1.54) is 22.1 Å². The lowest BCUT2D eigenvalue weighted by Crippen LogP contribution is -1.81. The molecular weight excluding hydrogens is 426 g/mol. The van der Waals surface area contributed by atoms with Crippen molar-refractivity contribution in [3.63, 3.8) is 0 Å². The van der Waals surface area contributed by atoms with Gasteiger partial charge in [0.05, 0.1) is 0 Å². The van der Waals surface area contributed by atoms with Crippen molar-refractivity contribution in [3.8, 4) is 0 Å². The van der Waals surface area contributed by atoms with Crippen molar-refractivity contribution < 1.29 is 0 Å². The fourth-order valence-electron chi connectivity index (χ4n) is 1.18. The van der Waals surface area contributed by atoms with Gasteiger partial charge in [-0.1, -0.05) is 0 Å². The molecule has 0 N–H and O–H groups in total. The zero-order chi connectivity index (χ0) is 9.42.